The van der Waals surface area contributed by atoms with Crippen LogP contribution < -0.4 is 5.32 Å². The average Bonchev–Trinajstić information content (AvgIpc) is 2.83. The normalized spacial score (nSPS) is 10.1. The van der Waals surface area contributed by atoms with Crippen LogP contribution in [0, 0.1) is 18.3 Å². The quantitative estimate of drug-likeness (QED) is 0.873. The van der Waals surface area contributed by atoms with E-state index in [0.29, 0.717) is 27.4 Å². The van der Waals surface area contributed by atoms with E-state index in [4.69, 9.17) is 21.3 Å². The van der Waals surface area contributed by atoms with Gasteiger partial charge in [-0.3, -0.25) is 4.79 Å². The number of amides is 1. The predicted molar refractivity (Wildman–Crippen MR) is 74.6 cm³/mol. The Morgan fingerprint density at radius 1 is 1.55 bits per heavy atom. The minimum atomic E-state index is -0.287. The molecule has 0 saturated carbocycles. The minimum absolute atomic E-state index is 0.0962. The topological polar surface area (TPSA) is 91.8 Å². The fourth-order valence-corrected chi connectivity index (χ4v) is 2.14. The summed E-state index contributed by atoms with van der Waals surface area (Å²) in [7, 11) is 0. The van der Waals surface area contributed by atoms with Crippen LogP contribution in [-0.4, -0.2) is 21.9 Å². The highest BCUT2D eigenvalue weighted by Crippen LogP contribution is 2.21. The smallest absolute Gasteiger partial charge is 0.277 e. The van der Waals surface area contributed by atoms with Crippen LogP contribution in [-0.2, 0) is 4.79 Å². The van der Waals surface area contributed by atoms with Crippen molar-refractivity contribution in [2.45, 2.75) is 12.1 Å². The number of aromatic nitrogens is 2. The molecule has 20 heavy (non-hydrogen) atoms. The summed E-state index contributed by atoms with van der Waals surface area (Å²) in [4.78, 5) is 11.8. The third-order valence-electron chi connectivity index (χ3n) is 2.21. The van der Waals surface area contributed by atoms with Gasteiger partial charge in [-0.25, -0.2) is 0 Å². The summed E-state index contributed by atoms with van der Waals surface area (Å²) in [5, 5.41) is 19.8. The van der Waals surface area contributed by atoms with Crippen molar-refractivity contribution in [2.75, 3.05) is 11.1 Å². The van der Waals surface area contributed by atoms with Crippen LogP contribution in [0.2, 0.25) is 5.02 Å². The van der Waals surface area contributed by atoms with Crippen molar-refractivity contribution in [1.82, 2.24) is 10.2 Å². The van der Waals surface area contributed by atoms with Crippen molar-refractivity contribution in [3.05, 3.63) is 34.7 Å². The number of halogens is 1. The molecule has 2 aromatic rings. The maximum Gasteiger partial charge on any atom is 0.277 e. The lowest BCUT2D eigenvalue weighted by atomic mass is 10.2. The Hall–Kier alpha value is -2.04. The van der Waals surface area contributed by atoms with Crippen molar-refractivity contribution < 1.29 is 9.21 Å². The van der Waals surface area contributed by atoms with Crippen molar-refractivity contribution in [1.29, 1.82) is 5.26 Å². The van der Waals surface area contributed by atoms with Crippen LogP contribution in [0.3, 0.4) is 0 Å². The highest BCUT2D eigenvalue weighted by Gasteiger charge is 2.10. The number of nitrogens with one attached hydrogen (secondary N) is 1. The first-order valence-electron chi connectivity index (χ1n) is 5.51. The van der Waals surface area contributed by atoms with Gasteiger partial charge >= 0.3 is 0 Å². The Balaban J connectivity index is 1.98. The number of nitrogens with zero attached hydrogens (tertiary/aromatic N) is 3. The third-order valence-corrected chi connectivity index (χ3v) is 3.26. The molecular formula is C12H9ClN4O2S. The Morgan fingerprint density at radius 2 is 2.35 bits per heavy atom. The monoisotopic (exact) mass is 308 g/mol. The summed E-state index contributed by atoms with van der Waals surface area (Å²) in [6.07, 6.45) is 0. The Labute approximate surface area is 124 Å². The highest BCUT2D eigenvalue weighted by atomic mass is 35.5. The van der Waals surface area contributed by atoms with E-state index in [1.54, 1.807) is 19.1 Å². The number of carbonyl (C=O) groups excluding carboxylic acids is 1. The standard InChI is InChI=1S/C12H9ClN4O2S/c1-7-16-17-12(19-7)20-6-11(18)15-10-4-9(13)3-2-8(10)5-14/h2-4H,6H2,1H3,(H,15,18). The molecule has 1 N–H and O–H groups in total. The third kappa shape index (κ3) is 3.73. The second-order valence-electron chi connectivity index (χ2n) is 3.73. The molecule has 1 aromatic heterocycles. The minimum Gasteiger partial charge on any atom is -0.416 e. The zero-order valence-electron chi connectivity index (χ0n) is 10.4. The molecule has 1 heterocycles. The van der Waals surface area contributed by atoms with Gasteiger partial charge in [0, 0.05) is 11.9 Å². The van der Waals surface area contributed by atoms with E-state index in [1.807, 2.05) is 6.07 Å². The average molecular weight is 309 g/mol. The van der Waals surface area contributed by atoms with Crippen LogP contribution in [0.15, 0.2) is 27.8 Å². The molecule has 0 radical (unpaired) electrons. The first-order chi connectivity index (χ1) is 9.58. The molecule has 8 heteroatoms. The Morgan fingerprint density at radius 3 is 3.00 bits per heavy atom. The zero-order chi connectivity index (χ0) is 14.5. The van der Waals surface area contributed by atoms with Crippen LogP contribution in [0.5, 0.6) is 0 Å². The lowest BCUT2D eigenvalue weighted by Crippen LogP contribution is -2.15. The van der Waals surface area contributed by atoms with Crippen molar-refractivity contribution in [3.63, 3.8) is 0 Å². The van der Waals surface area contributed by atoms with Gasteiger partial charge < -0.3 is 9.73 Å². The Bertz CT molecular complexity index is 680. The van der Waals surface area contributed by atoms with E-state index in [9.17, 15) is 4.79 Å². The SMILES string of the molecule is Cc1nnc(SCC(=O)Nc2cc(Cl)ccc2C#N)o1. The summed E-state index contributed by atoms with van der Waals surface area (Å²) in [5.74, 6) is 0.248. The number of anilines is 1. The number of thioether (sulfide) groups is 1. The van der Waals surface area contributed by atoms with Gasteiger partial charge in [-0.05, 0) is 18.2 Å². The first-order valence-corrected chi connectivity index (χ1v) is 6.87. The molecule has 1 aromatic carbocycles. The number of aryl methyl sites for hydroxylation is 1. The molecule has 1 amide bonds. The van der Waals surface area contributed by atoms with E-state index in [-0.39, 0.29) is 11.7 Å². The molecule has 0 atom stereocenters. The molecule has 0 fully saturated rings. The zero-order valence-corrected chi connectivity index (χ0v) is 12.0. The van der Waals surface area contributed by atoms with Crippen LogP contribution in [0.4, 0.5) is 5.69 Å². The van der Waals surface area contributed by atoms with E-state index in [2.05, 4.69) is 15.5 Å². The maximum absolute atomic E-state index is 11.8. The summed E-state index contributed by atoms with van der Waals surface area (Å²) in [6.45, 7) is 1.67. The predicted octanol–water partition coefficient (Wildman–Crippen LogP) is 2.63. The van der Waals surface area contributed by atoms with E-state index < -0.39 is 0 Å². The van der Waals surface area contributed by atoms with Crippen molar-refractivity contribution in [2.24, 2.45) is 0 Å². The number of benzene rings is 1. The van der Waals surface area contributed by atoms with E-state index in [0.717, 1.165) is 11.8 Å². The lowest BCUT2D eigenvalue weighted by Gasteiger charge is -2.06. The molecular weight excluding hydrogens is 300 g/mol. The summed E-state index contributed by atoms with van der Waals surface area (Å²) in [6, 6.07) is 6.65. The number of hydrogen-bond acceptors (Lipinski definition) is 6. The van der Waals surface area contributed by atoms with E-state index >= 15 is 0 Å². The number of hydrogen-bond donors (Lipinski definition) is 1. The van der Waals surface area contributed by atoms with Crippen molar-refractivity contribution >= 4 is 35.0 Å². The second-order valence-corrected chi connectivity index (χ2v) is 5.09. The molecule has 102 valence electrons. The Kier molecular flexibility index (Phi) is 4.61. The molecule has 0 spiro atoms. The summed E-state index contributed by atoms with van der Waals surface area (Å²) >= 11 is 6.95. The van der Waals surface area contributed by atoms with E-state index in [1.165, 1.54) is 6.07 Å². The summed E-state index contributed by atoms with van der Waals surface area (Å²) in [5.41, 5.74) is 0.730. The molecule has 6 nitrogen and oxygen atoms in total. The van der Waals surface area contributed by atoms with Gasteiger partial charge in [0.05, 0.1) is 17.0 Å². The maximum atomic E-state index is 11.8. The number of carbonyl (C=O) groups is 1. The first kappa shape index (κ1) is 14.4. The largest absolute Gasteiger partial charge is 0.416 e. The van der Waals surface area contributed by atoms with Gasteiger partial charge in [0.2, 0.25) is 11.8 Å². The van der Waals surface area contributed by atoms with Crippen LogP contribution >= 0.6 is 23.4 Å². The number of nitriles is 1. The molecule has 0 aliphatic rings. The van der Waals surface area contributed by atoms with Crippen LogP contribution in [0.25, 0.3) is 0 Å². The molecule has 0 unspecified atom stereocenters. The fraction of sp³-hybridized carbons (Fsp3) is 0.167. The molecule has 0 saturated heterocycles. The van der Waals surface area contributed by atoms with Crippen molar-refractivity contribution in [3.8, 4) is 6.07 Å². The molecule has 0 aliphatic carbocycles. The molecule has 2 rings (SSSR count). The molecule has 0 aliphatic heterocycles. The molecule has 0 bridgehead atoms. The van der Waals surface area contributed by atoms with Crippen LogP contribution in [0.1, 0.15) is 11.5 Å². The second kappa shape index (κ2) is 6.41. The van der Waals surface area contributed by atoms with Gasteiger partial charge in [-0.1, -0.05) is 23.4 Å². The highest BCUT2D eigenvalue weighted by molar-refractivity contribution is 7.99. The van der Waals surface area contributed by atoms with Gasteiger partial charge in [-0.2, -0.15) is 5.26 Å². The van der Waals surface area contributed by atoms with Gasteiger partial charge in [0.25, 0.3) is 5.22 Å². The lowest BCUT2D eigenvalue weighted by molar-refractivity contribution is -0.113. The number of rotatable bonds is 4. The summed E-state index contributed by atoms with van der Waals surface area (Å²) < 4.78 is 5.14. The van der Waals surface area contributed by atoms with Gasteiger partial charge in [0.1, 0.15) is 6.07 Å². The van der Waals surface area contributed by atoms with Gasteiger partial charge in [-0.15, -0.1) is 10.2 Å². The van der Waals surface area contributed by atoms with Gasteiger partial charge in [0.15, 0.2) is 0 Å². The fourth-order valence-electron chi connectivity index (χ4n) is 1.37.